The maximum atomic E-state index is 12.5. The molecule has 1 amide bonds. The van der Waals surface area contributed by atoms with Gasteiger partial charge in [-0.25, -0.2) is 18.2 Å². The maximum absolute atomic E-state index is 12.5. The van der Waals surface area contributed by atoms with Gasteiger partial charge in [0.1, 0.15) is 0 Å². The van der Waals surface area contributed by atoms with Gasteiger partial charge in [0.05, 0.1) is 20.4 Å². The van der Waals surface area contributed by atoms with Crippen LogP contribution in [0.3, 0.4) is 0 Å². The summed E-state index contributed by atoms with van der Waals surface area (Å²) in [7, 11) is -3.53. The molecule has 1 fully saturated rings. The molecule has 144 valence electrons. The van der Waals surface area contributed by atoms with E-state index < -0.39 is 28.5 Å². The SMILES string of the molecule is O=C(COC(=O)c1ccc(S(=O)(=O)N2CCCC2)cc1)Nc1ncc(Br)s1. The Bertz CT molecular complexity index is 937. The number of sulfonamides is 1. The van der Waals surface area contributed by atoms with Crippen molar-refractivity contribution in [2.45, 2.75) is 17.7 Å². The van der Waals surface area contributed by atoms with Crippen LogP contribution in [0.15, 0.2) is 39.1 Å². The van der Waals surface area contributed by atoms with Crippen LogP contribution in [0, 0.1) is 0 Å². The molecule has 1 aliphatic rings. The minimum Gasteiger partial charge on any atom is -0.452 e. The molecule has 3 rings (SSSR count). The molecule has 0 radical (unpaired) electrons. The summed E-state index contributed by atoms with van der Waals surface area (Å²) in [5, 5.41) is 2.89. The fraction of sp³-hybridized carbons (Fsp3) is 0.312. The molecule has 0 bridgehead atoms. The number of thiazole rings is 1. The average molecular weight is 474 g/mol. The maximum Gasteiger partial charge on any atom is 0.338 e. The lowest BCUT2D eigenvalue weighted by atomic mass is 10.2. The number of hydrogen-bond donors (Lipinski definition) is 1. The number of carbonyl (C=O) groups excluding carboxylic acids is 2. The first kappa shape index (κ1) is 19.9. The normalized spacial score (nSPS) is 14.9. The van der Waals surface area contributed by atoms with E-state index in [0.717, 1.165) is 16.6 Å². The molecule has 1 N–H and O–H groups in total. The zero-order valence-corrected chi connectivity index (χ0v) is 17.3. The smallest absolute Gasteiger partial charge is 0.338 e. The zero-order chi connectivity index (χ0) is 19.4. The average Bonchev–Trinajstić information content (AvgIpc) is 3.32. The van der Waals surface area contributed by atoms with Crippen LogP contribution in [0.5, 0.6) is 0 Å². The van der Waals surface area contributed by atoms with Crippen LogP contribution in [0.2, 0.25) is 0 Å². The van der Waals surface area contributed by atoms with Crippen LogP contribution >= 0.6 is 27.3 Å². The second kappa shape index (κ2) is 8.46. The predicted octanol–water partition coefficient (Wildman–Crippen LogP) is 2.49. The minimum atomic E-state index is -3.53. The lowest BCUT2D eigenvalue weighted by Gasteiger charge is -2.15. The van der Waals surface area contributed by atoms with Gasteiger partial charge < -0.3 is 4.74 Å². The Morgan fingerprint density at radius 3 is 2.48 bits per heavy atom. The van der Waals surface area contributed by atoms with E-state index in [0.29, 0.717) is 18.2 Å². The van der Waals surface area contributed by atoms with Gasteiger partial charge in [-0.3, -0.25) is 10.1 Å². The Hall–Kier alpha value is -1.82. The van der Waals surface area contributed by atoms with Crippen molar-refractivity contribution in [2.24, 2.45) is 0 Å². The van der Waals surface area contributed by atoms with Crippen molar-refractivity contribution < 1.29 is 22.7 Å². The molecule has 1 aliphatic heterocycles. The highest BCUT2D eigenvalue weighted by molar-refractivity contribution is 9.11. The number of esters is 1. The monoisotopic (exact) mass is 473 g/mol. The molecule has 27 heavy (non-hydrogen) atoms. The number of ether oxygens (including phenoxy) is 1. The second-order valence-electron chi connectivity index (χ2n) is 5.73. The second-order valence-corrected chi connectivity index (χ2v) is 10.1. The van der Waals surface area contributed by atoms with E-state index in [2.05, 4.69) is 26.2 Å². The number of benzene rings is 1. The van der Waals surface area contributed by atoms with Gasteiger partial charge in [-0.2, -0.15) is 4.31 Å². The van der Waals surface area contributed by atoms with Gasteiger partial charge in [0, 0.05) is 13.1 Å². The van der Waals surface area contributed by atoms with Gasteiger partial charge in [0.15, 0.2) is 11.7 Å². The third-order valence-electron chi connectivity index (χ3n) is 3.85. The quantitative estimate of drug-likeness (QED) is 0.645. The van der Waals surface area contributed by atoms with Crippen LogP contribution in [0.4, 0.5) is 5.13 Å². The van der Waals surface area contributed by atoms with Gasteiger partial charge in [0.25, 0.3) is 5.91 Å². The van der Waals surface area contributed by atoms with E-state index in [1.54, 1.807) is 6.20 Å². The third-order valence-corrected chi connectivity index (χ3v) is 7.16. The first-order valence-electron chi connectivity index (χ1n) is 8.05. The number of rotatable bonds is 6. The summed E-state index contributed by atoms with van der Waals surface area (Å²) in [6.07, 6.45) is 3.25. The highest BCUT2D eigenvalue weighted by Gasteiger charge is 2.27. The summed E-state index contributed by atoms with van der Waals surface area (Å²) in [5.74, 6) is -1.23. The van der Waals surface area contributed by atoms with E-state index in [1.807, 2.05) is 0 Å². The molecule has 2 aromatic rings. The fourth-order valence-corrected chi connectivity index (χ4v) is 5.16. The Kier molecular flexibility index (Phi) is 6.25. The van der Waals surface area contributed by atoms with E-state index >= 15 is 0 Å². The molecular weight excluding hydrogens is 458 g/mol. The molecule has 1 aromatic heterocycles. The summed E-state index contributed by atoms with van der Waals surface area (Å²) in [6, 6.07) is 5.50. The summed E-state index contributed by atoms with van der Waals surface area (Å²) in [4.78, 5) is 27.9. The Morgan fingerprint density at radius 1 is 1.22 bits per heavy atom. The van der Waals surface area contributed by atoms with Gasteiger partial charge in [0.2, 0.25) is 10.0 Å². The molecule has 0 spiro atoms. The largest absolute Gasteiger partial charge is 0.452 e. The van der Waals surface area contributed by atoms with Gasteiger partial charge in [-0.15, -0.1) is 0 Å². The van der Waals surface area contributed by atoms with Gasteiger partial charge >= 0.3 is 5.97 Å². The van der Waals surface area contributed by atoms with Crippen LogP contribution < -0.4 is 5.32 Å². The number of amides is 1. The lowest BCUT2D eigenvalue weighted by Crippen LogP contribution is -2.27. The molecule has 1 saturated heterocycles. The molecule has 0 saturated carbocycles. The first-order valence-corrected chi connectivity index (χ1v) is 11.1. The number of carbonyl (C=O) groups is 2. The molecule has 11 heteroatoms. The summed E-state index contributed by atoms with van der Waals surface area (Å²) in [5.41, 5.74) is 0.167. The molecule has 2 heterocycles. The number of hydrogen-bond acceptors (Lipinski definition) is 7. The standard InChI is InChI=1S/C16H16BrN3O5S2/c17-13-9-18-16(26-13)19-14(21)10-25-15(22)11-3-5-12(6-4-11)27(23,24)20-7-1-2-8-20/h3-6,9H,1-2,7-8,10H2,(H,18,19,21). The summed E-state index contributed by atoms with van der Waals surface area (Å²) < 4.78 is 32.1. The van der Waals surface area contributed by atoms with Crippen molar-refractivity contribution in [3.8, 4) is 0 Å². The van der Waals surface area contributed by atoms with E-state index in [-0.39, 0.29) is 10.5 Å². The van der Waals surface area contributed by atoms with Crippen molar-refractivity contribution in [1.82, 2.24) is 9.29 Å². The van der Waals surface area contributed by atoms with Crippen molar-refractivity contribution in [1.29, 1.82) is 0 Å². The van der Waals surface area contributed by atoms with Crippen molar-refractivity contribution in [3.05, 3.63) is 39.8 Å². The number of nitrogens with one attached hydrogen (secondary N) is 1. The Morgan fingerprint density at radius 2 is 1.89 bits per heavy atom. The molecule has 1 aromatic carbocycles. The third kappa shape index (κ3) is 4.92. The highest BCUT2D eigenvalue weighted by Crippen LogP contribution is 2.23. The molecule has 0 atom stereocenters. The zero-order valence-electron chi connectivity index (χ0n) is 14.1. The Balaban J connectivity index is 1.56. The van der Waals surface area contributed by atoms with Crippen LogP contribution in [0.1, 0.15) is 23.2 Å². The van der Waals surface area contributed by atoms with Gasteiger partial charge in [-0.05, 0) is 53.0 Å². The summed E-state index contributed by atoms with van der Waals surface area (Å²) >= 11 is 4.46. The topological polar surface area (TPSA) is 106 Å². The van der Waals surface area contributed by atoms with Crippen molar-refractivity contribution >= 4 is 54.3 Å². The minimum absolute atomic E-state index is 0.132. The van der Waals surface area contributed by atoms with E-state index in [4.69, 9.17) is 4.74 Å². The molecule has 0 aliphatic carbocycles. The van der Waals surface area contributed by atoms with Crippen LogP contribution in [-0.4, -0.2) is 49.3 Å². The van der Waals surface area contributed by atoms with Crippen molar-refractivity contribution in [2.75, 3.05) is 25.0 Å². The lowest BCUT2D eigenvalue weighted by molar-refractivity contribution is -0.119. The molecular formula is C16H16BrN3O5S2. The summed E-state index contributed by atoms with van der Waals surface area (Å²) in [6.45, 7) is 0.553. The molecule has 8 nitrogen and oxygen atoms in total. The highest BCUT2D eigenvalue weighted by atomic mass is 79.9. The van der Waals surface area contributed by atoms with E-state index in [1.165, 1.54) is 39.9 Å². The van der Waals surface area contributed by atoms with Crippen molar-refractivity contribution in [3.63, 3.8) is 0 Å². The van der Waals surface area contributed by atoms with Gasteiger partial charge in [-0.1, -0.05) is 11.3 Å². The fourth-order valence-electron chi connectivity index (χ4n) is 2.52. The van der Waals surface area contributed by atoms with Crippen LogP contribution in [0.25, 0.3) is 0 Å². The number of aromatic nitrogens is 1. The first-order chi connectivity index (χ1) is 12.9. The van der Waals surface area contributed by atoms with Crippen LogP contribution in [-0.2, 0) is 19.6 Å². The molecule has 0 unspecified atom stereocenters. The van der Waals surface area contributed by atoms with E-state index in [9.17, 15) is 18.0 Å². The number of halogens is 1. The predicted molar refractivity (Wildman–Crippen MR) is 103 cm³/mol. The number of anilines is 1. The Labute approximate surface area is 168 Å². The number of nitrogens with zero attached hydrogens (tertiary/aromatic N) is 2.